The maximum absolute atomic E-state index is 12.5. The smallest absolute Gasteiger partial charge is 0.280 e. The molecule has 0 unspecified atom stereocenters. The lowest BCUT2D eigenvalue weighted by molar-refractivity contribution is -0.137. The molecule has 23 heavy (non-hydrogen) atoms. The van der Waals surface area contributed by atoms with Crippen molar-refractivity contribution < 1.29 is 21.6 Å². The molecule has 0 aliphatic carbocycles. The predicted molar refractivity (Wildman–Crippen MR) is 79.7 cm³/mol. The summed E-state index contributed by atoms with van der Waals surface area (Å²) in [7, 11) is -3.99. The highest BCUT2D eigenvalue weighted by Crippen LogP contribution is 2.30. The second kappa shape index (κ2) is 5.46. The number of benzene rings is 2. The average Bonchev–Trinajstić information content (AvgIpc) is 2.94. The van der Waals surface area contributed by atoms with Crippen molar-refractivity contribution in [2.75, 3.05) is 4.72 Å². The number of hydrogen-bond acceptors (Lipinski definition) is 5. The van der Waals surface area contributed by atoms with Crippen LogP contribution in [0.1, 0.15) is 5.56 Å². The Labute approximate surface area is 133 Å². The van der Waals surface area contributed by atoms with Gasteiger partial charge in [-0.2, -0.15) is 21.9 Å². The van der Waals surface area contributed by atoms with Crippen LogP contribution >= 0.6 is 11.7 Å². The van der Waals surface area contributed by atoms with E-state index in [2.05, 4.69) is 13.5 Å². The largest absolute Gasteiger partial charge is 0.416 e. The first-order chi connectivity index (χ1) is 10.8. The number of nitrogens with zero attached hydrogens (tertiary/aromatic N) is 2. The van der Waals surface area contributed by atoms with Crippen LogP contribution in [0.15, 0.2) is 47.4 Å². The predicted octanol–water partition coefficient (Wildman–Crippen LogP) is 3.51. The molecule has 0 amide bonds. The zero-order valence-electron chi connectivity index (χ0n) is 11.2. The number of nitrogens with one attached hydrogen (secondary N) is 1. The Bertz CT molecular complexity index is 951. The fraction of sp³-hybridized carbons (Fsp3) is 0.0769. The summed E-state index contributed by atoms with van der Waals surface area (Å²) < 4.78 is 72.4. The molecule has 0 atom stereocenters. The fourth-order valence-corrected chi connectivity index (χ4v) is 3.76. The molecule has 0 aliphatic heterocycles. The number of rotatable bonds is 3. The van der Waals surface area contributed by atoms with Gasteiger partial charge in [-0.15, -0.1) is 0 Å². The maximum Gasteiger partial charge on any atom is 0.416 e. The van der Waals surface area contributed by atoms with Gasteiger partial charge in [0.15, 0.2) is 0 Å². The number of hydrogen-bond donors (Lipinski definition) is 1. The Morgan fingerprint density at radius 2 is 1.70 bits per heavy atom. The Hall–Kier alpha value is -2.20. The monoisotopic (exact) mass is 359 g/mol. The third-order valence-corrected chi connectivity index (χ3v) is 4.96. The second-order valence-electron chi connectivity index (χ2n) is 4.57. The van der Waals surface area contributed by atoms with Gasteiger partial charge in [0.2, 0.25) is 0 Å². The van der Waals surface area contributed by atoms with Gasteiger partial charge < -0.3 is 0 Å². The molecule has 0 radical (unpaired) electrons. The van der Waals surface area contributed by atoms with Gasteiger partial charge in [0, 0.05) is 5.69 Å². The number of anilines is 1. The first-order valence-corrected chi connectivity index (χ1v) is 8.40. The van der Waals surface area contributed by atoms with Gasteiger partial charge in [0.1, 0.15) is 15.9 Å². The third-order valence-electron chi connectivity index (χ3n) is 3.00. The first-order valence-electron chi connectivity index (χ1n) is 6.19. The molecule has 0 bridgehead atoms. The lowest BCUT2D eigenvalue weighted by atomic mass is 10.2. The van der Waals surface area contributed by atoms with Crippen LogP contribution < -0.4 is 4.72 Å². The van der Waals surface area contributed by atoms with E-state index >= 15 is 0 Å². The van der Waals surface area contributed by atoms with Crippen molar-refractivity contribution in [2.24, 2.45) is 0 Å². The van der Waals surface area contributed by atoms with Gasteiger partial charge in [-0.3, -0.25) is 4.72 Å². The van der Waals surface area contributed by atoms with Crippen LogP contribution in [0.4, 0.5) is 18.9 Å². The van der Waals surface area contributed by atoms with E-state index in [1.165, 1.54) is 12.1 Å². The van der Waals surface area contributed by atoms with Crippen molar-refractivity contribution in [1.29, 1.82) is 0 Å². The Morgan fingerprint density at radius 3 is 2.35 bits per heavy atom. The van der Waals surface area contributed by atoms with Gasteiger partial charge in [-0.25, -0.2) is 8.42 Å². The molecule has 0 saturated heterocycles. The molecule has 1 N–H and O–H groups in total. The molecular weight excluding hydrogens is 351 g/mol. The second-order valence-corrected chi connectivity index (χ2v) is 6.75. The molecule has 0 fully saturated rings. The molecule has 1 heterocycles. The topological polar surface area (TPSA) is 72.0 Å². The number of fused-ring (bicyclic) bond motifs is 1. The molecule has 120 valence electrons. The zero-order chi connectivity index (χ0) is 16.7. The Morgan fingerprint density at radius 1 is 1.00 bits per heavy atom. The number of sulfonamides is 1. The molecule has 10 heteroatoms. The van der Waals surface area contributed by atoms with Gasteiger partial charge in [0.05, 0.1) is 17.3 Å². The summed E-state index contributed by atoms with van der Waals surface area (Å²) in [5.74, 6) is 0. The lowest BCUT2D eigenvalue weighted by Crippen LogP contribution is -2.14. The summed E-state index contributed by atoms with van der Waals surface area (Å²) in [5, 5.41) is 0. The molecule has 0 aliphatic rings. The lowest BCUT2D eigenvalue weighted by Gasteiger charge is -2.10. The summed E-state index contributed by atoms with van der Waals surface area (Å²) >= 11 is 0.877. The summed E-state index contributed by atoms with van der Waals surface area (Å²) in [5.41, 5.74) is -0.174. The highest BCUT2D eigenvalue weighted by atomic mass is 32.2. The first kappa shape index (κ1) is 15.7. The Kier molecular flexibility index (Phi) is 3.72. The minimum absolute atomic E-state index is 0.0261. The van der Waals surface area contributed by atoms with E-state index in [1.54, 1.807) is 6.07 Å². The van der Waals surface area contributed by atoms with E-state index in [4.69, 9.17) is 0 Å². The van der Waals surface area contributed by atoms with Crippen LogP contribution in [-0.2, 0) is 16.2 Å². The third kappa shape index (κ3) is 3.13. The fourth-order valence-electron chi connectivity index (χ4n) is 1.94. The molecule has 1 aromatic heterocycles. The molecule has 3 rings (SSSR count). The van der Waals surface area contributed by atoms with E-state index in [-0.39, 0.29) is 16.1 Å². The van der Waals surface area contributed by atoms with Crippen LogP contribution in [0.3, 0.4) is 0 Å². The number of halogens is 3. The average molecular weight is 359 g/mol. The Balaban J connectivity index is 1.94. The number of alkyl halides is 3. The SMILES string of the molecule is O=S(=O)(Nc1ccc(C(F)(F)F)cc1)c1cccc2nsnc12. The van der Waals surface area contributed by atoms with Crippen LogP contribution in [0, 0.1) is 0 Å². The molecule has 0 spiro atoms. The van der Waals surface area contributed by atoms with Crippen molar-refractivity contribution >= 4 is 38.5 Å². The van der Waals surface area contributed by atoms with Crippen molar-refractivity contribution in [3.63, 3.8) is 0 Å². The van der Waals surface area contributed by atoms with Gasteiger partial charge in [-0.1, -0.05) is 6.07 Å². The zero-order valence-corrected chi connectivity index (χ0v) is 12.8. The molecule has 3 aromatic rings. The van der Waals surface area contributed by atoms with Crippen LogP contribution in [0.5, 0.6) is 0 Å². The summed E-state index contributed by atoms with van der Waals surface area (Å²) in [6, 6.07) is 8.22. The molecule has 5 nitrogen and oxygen atoms in total. The van der Waals surface area contributed by atoms with Crippen LogP contribution in [0.25, 0.3) is 11.0 Å². The summed E-state index contributed by atoms with van der Waals surface area (Å²) in [6.07, 6.45) is -4.48. The standard InChI is InChI=1S/C13H8F3N3O2S2/c14-13(15,16)8-4-6-9(7-5-8)19-23(20,21)11-3-1-2-10-12(11)18-22-17-10/h1-7,19H. The van der Waals surface area contributed by atoms with E-state index < -0.39 is 21.8 Å². The van der Waals surface area contributed by atoms with Gasteiger partial charge in [0.25, 0.3) is 10.0 Å². The molecule has 2 aromatic carbocycles. The van der Waals surface area contributed by atoms with E-state index in [9.17, 15) is 21.6 Å². The number of aromatic nitrogens is 2. The summed E-state index contributed by atoms with van der Waals surface area (Å²) in [6.45, 7) is 0. The minimum Gasteiger partial charge on any atom is -0.280 e. The van der Waals surface area contributed by atoms with Gasteiger partial charge in [-0.05, 0) is 36.4 Å². The van der Waals surface area contributed by atoms with E-state index in [0.29, 0.717) is 5.52 Å². The van der Waals surface area contributed by atoms with Crippen molar-refractivity contribution in [1.82, 2.24) is 8.75 Å². The normalized spacial score (nSPS) is 12.5. The van der Waals surface area contributed by atoms with Crippen molar-refractivity contribution in [3.8, 4) is 0 Å². The molecule has 0 saturated carbocycles. The van der Waals surface area contributed by atoms with Crippen LogP contribution in [0.2, 0.25) is 0 Å². The van der Waals surface area contributed by atoms with Crippen molar-refractivity contribution in [3.05, 3.63) is 48.0 Å². The maximum atomic E-state index is 12.5. The minimum atomic E-state index is -4.48. The van der Waals surface area contributed by atoms with E-state index in [0.717, 1.165) is 36.0 Å². The quantitative estimate of drug-likeness (QED) is 0.777. The van der Waals surface area contributed by atoms with Gasteiger partial charge >= 0.3 is 6.18 Å². The van der Waals surface area contributed by atoms with Crippen molar-refractivity contribution in [2.45, 2.75) is 11.1 Å². The summed E-state index contributed by atoms with van der Waals surface area (Å²) in [4.78, 5) is -0.0800. The highest BCUT2D eigenvalue weighted by molar-refractivity contribution is 7.93. The van der Waals surface area contributed by atoms with E-state index in [1.807, 2.05) is 0 Å². The van der Waals surface area contributed by atoms with Crippen LogP contribution in [-0.4, -0.2) is 17.2 Å². The molecular formula is C13H8F3N3O2S2. The highest BCUT2D eigenvalue weighted by Gasteiger charge is 2.30.